The molecule has 0 saturated heterocycles. The molecule has 1 aromatic carbocycles. The third kappa shape index (κ3) is 3.87. The van der Waals surface area contributed by atoms with E-state index in [1.807, 2.05) is 44.4 Å². The number of nitrogens with zero attached hydrogens (tertiary/aromatic N) is 1. The van der Waals surface area contributed by atoms with Gasteiger partial charge in [0.15, 0.2) is 0 Å². The molecule has 4 nitrogen and oxygen atoms in total. The van der Waals surface area contributed by atoms with Crippen LogP contribution in [0, 0.1) is 0 Å². The van der Waals surface area contributed by atoms with Crippen LogP contribution in [0.3, 0.4) is 0 Å². The van der Waals surface area contributed by atoms with Crippen LogP contribution >= 0.6 is 0 Å². The summed E-state index contributed by atoms with van der Waals surface area (Å²) in [6.45, 7) is 2.14. The Bertz CT molecular complexity index is 488. The van der Waals surface area contributed by atoms with Crippen molar-refractivity contribution in [3.8, 4) is 0 Å². The van der Waals surface area contributed by atoms with E-state index in [1.165, 1.54) is 6.92 Å². The summed E-state index contributed by atoms with van der Waals surface area (Å²) < 4.78 is 5.48. The minimum Gasteiger partial charge on any atom is -0.459 e. The van der Waals surface area contributed by atoms with E-state index in [-0.39, 0.29) is 11.9 Å². The van der Waals surface area contributed by atoms with Crippen LogP contribution in [0.4, 0.5) is 0 Å². The Morgan fingerprint density at radius 3 is 2.64 bits per heavy atom. The zero-order valence-corrected chi connectivity index (χ0v) is 13.8. The zero-order chi connectivity index (χ0) is 16.2. The maximum atomic E-state index is 11.4. The van der Waals surface area contributed by atoms with Gasteiger partial charge in [-0.05, 0) is 38.9 Å². The molecule has 0 amide bonds. The lowest BCUT2D eigenvalue weighted by Gasteiger charge is -2.45. The first-order valence-electron chi connectivity index (χ1n) is 8.02. The number of likely N-dealkylation sites (N-methyl/N-ethyl adjacent to an activating group) is 1. The molecule has 4 heteroatoms. The van der Waals surface area contributed by atoms with Gasteiger partial charge in [0, 0.05) is 19.4 Å². The second-order valence-electron chi connectivity index (χ2n) is 6.56. The van der Waals surface area contributed by atoms with Gasteiger partial charge in [-0.3, -0.25) is 4.79 Å². The van der Waals surface area contributed by atoms with Crippen molar-refractivity contribution in [2.45, 2.75) is 50.2 Å². The molecule has 1 saturated carbocycles. The predicted octanol–water partition coefficient (Wildman–Crippen LogP) is 2.57. The Balaban J connectivity index is 2.35. The second-order valence-corrected chi connectivity index (χ2v) is 6.56. The highest BCUT2D eigenvalue weighted by Crippen LogP contribution is 2.42. The van der Waals surface area contributed by atoms with Crippen LogP contribution < -0.4 is 0 Å². The molecule has 122 valence electrons. The Morgan fingerprint density at radius 1 is 1.36 bits per heavy atom. The van der Waals surface area contributed by atoms with Crippen molar-refractivity contribution in [2.24, 2.45) is 0 Å². The molecule has 1 N–H and O–H groups in total. The van der Waals surface area contributed by atoms with E-state index in [0.717, 1.165) is 31.4 Å². The highest BCUT2D eigenvalue weighted by atomic mass is 16.6. The van der Waals surface area contributed by atoms with Gasteiger partial charge in [0.2, 0.25) is 0 Å². The fourth-order valence-electron chi connectivity index (χ4n) is 3.51. The average molecular weight is 305 g/mol. The topological polar surface area (TPSA) is 49.8 Å². The Kier molecular flexibility index (Phi) is 5.59. The van der Waals surface area contributed by atoms with Crippen LogP contribution in [-0.4, -0.2) is 48.3 Å². The smallest absolute Gasteiger partial charge is 0.303 e. The molecule has 1 aliphatic carbocycles. The molecule has 1 aromatic rings. The number of rotatable bonds is 5. The number of ether oxygens (including phenoxy) is 1. The monoisotopic (exact) mass is 305 g/mol. The van der Waals surface area contributed by atoms with E-state index in [0.29, 0.717) is 6.42 Å². The number of carbonyl (C=O) groups excluding carboxylic acids is 1. The van der Waals surface area contributed by atoms with E-state index in [4.69, 9.17) is 4.74 Å². The van der Waals surface area contributed by atoms with Crippen LogP contribution in [0.2, 0.25) is 0 Å². The van der Waals surface area contributed by atoms with Gasteiger partial charge in [0.05, 0.1) is 0 Å². The molecule has 2 rings (SSSR count). The summed E-state index contributed by atoms with van der Waals surface area (Å²) in [5, 5.41) is 11.4. The average Bonchev–Trinajstić information content (AvgIpc) is 2.47. The highest BCUT2D eigenvalue weighted by molar-refractivity contribution is 5.66. The maximum Gasteiger partial charge on any atom is 0.303 e. The van der Waals surface area contributed by atoms with Gasteiger partial charge in [0.25, 0.3) is 0 Å². The lowest BCUT2D eigenvalue weighted by molar-refractivity contribution is -0.174. The Labute approximate surface area is 133 Å². The number of aliphatic hydroxyl groups is 1. The number of carbonyl (C=O) groups is 1. The van der Waals surface area contributed by atoms with E-state index < -0.39 is 11.7 Å². The number of hydrogen-bond acceptors (Lipinski definition) is 4. The van der Waals surface area contributed by atoms with Gasteiger partial charge in [-0.2, -0.15) is 0 Å². The standard InChI is InChI=1S/C18H27NO3/c1-14(20)22-17-11-7-8-12-18(17,21)16(13-19(2)3)15-9-5-4-6-10-15/h4-6,9-10,16-17,21H,7-8,11-13H2,1-3H3. The van der Waals surface area contributed by atoms with Crippen LogP contribution in [0.15, 0.2) is 30.3 Å². The van der Waals surface area contributed by atoms with Crippen LogP contribution in [-0.2, 0) is 9.53 Å². The summed E-state index contributed by atoms with van der Waals surface area (Å²) in [6.07, 6.45) is 2.92. The molecule has 0 aliphatic heterocycles. The normalized spacial score (nSPS) is 26.7. The molecule has 3 atom stereocenters. The molecule has 0 heterocycles. The van der Waals surface area contributed by atoms with Gasteiger partial charge in [-0.25, -0.2) is 0 Å². The summed E-state index contributed by atoms with van der Waals surface area (Å²) in [6, 6.07) is 10.1. The highest BCUT2D eigenvalue weighted by Gasteiger charge is 2.47. The summed E-state index contributed by atoms with van der Waals surface area (Å²) in [4.78, 5) is 13.5. The Hall–Kier alpha value is -1.39. The van der Waals surface area contributed by atoms with Crippen molar-refractivity contribution in [1.29, 1.82) is 0 Å². The molecule has 0 aromatic heterocycles. The van der Waals surface area contributed by atoms with E-state index in [2.05, 4.69) is 4.90 Å². The van der Waals surface area contributed by atoms with E-state index in [9.17, 15) is 9.90 Å². The van der Waals surface area contributed by atoms with Crippen molar-refractivity contribution in [3.05, 3.63) is 35.9 Å². The van der Waals surface area contributed by atoms with Crippen LogP contribution in [0.25, 0.3) is 0 Å². The maximum absolute atomic E-state index is 11.4. The lowest BCUT2D eigenvalue weighted by Crippen LogP contribution is -2.53. The summed E-state index contributed by atoms with van der Waals surface area (Å²) in [5.41, 5.74) is 0.0907. The molecular weight excluding hydrogens is 278 g/mol. The van der Waals surface area contributed by atoms with Gasteiger partial charge in [-0.1, -0.05) is 36.8 Å². The van der Waals surface area contributed by atoms with Crippen molar-refractivity contribution in [3.63, 3.8) is 0 Å². The fourth-order valence-corrected chi connectivity index (χ4v) is 3.51. The van der Waals surface area contributed by atoms with Crippen LogP contribution in [0.1, 0.15) is 44.1 Å². The second kappa shape index (κ2) is 7.25. The third-order valence-electron chi connectivity index (χ3n) is 4.51. The van der Waals surface area contributed by atoms with E-state index >= 15 is 0 Å². The van der Waals surface area contributed by atoms with Gasteiger partial charge in [-0.15, -0.1) is 0 Å². The number of esters is 1. The fraction of sp³-hybridized carbons (Fsp3) is 0.611. The summed E-state index contributed by atoms with van der Waals surface area (Å²) in [7, 11) is 4.01. The largest absolute Gasteiger partial charge is 0.459 e. The molecule has 1 aliphatic rings. The van der Waals surface area contributed by atoms with Crippen molar-refractivity contribution < 1.29 is 14.6 Å². The quantitative estimate of drug-likeness (QED) is 0.850. The van der Waals surface area contributed by atoms with Gasteiger partial charge >= 0.3 is 5.97 Å². The molecule has 0 bridgehead atoms. The number of benzene rings is 1. The third-order valence-corrected chi connectivity index (χ3v) is 4.51. The Morgan fingerprint density at radius 2 is 2.05 bits per heavy atom. The molecular formula is C18H27NO3. The first-order valence-corrected chi connectivity index (χ1v) is 8.02. The molecule has 0 spiro atoms. The van der Waals surface area contributed by atoms with Crippen molar-refractivity contribution >= 4 is 5.97 Å². The summed E-state index contributed by atoms with van der Waals surface area (Å²) in [5.74, 6) is -0.393. The first-order chi connectivity index (χ1) is 10.4. The first kappa shape index (κ1) is 17.0. The summed E-state index contributed by atoms with van der Waals surface area (Å²) >= 11 is 0. The predicted molar refractivity (Wildman–Crippen MR) is 86.7 cm³/mol. The van der Waals surface area contributed by atoms with Crippen LogP contribution in [0.5, 0.6) is 0 Å². The molecule has 3 unspecified atom stereocenters. The molecule has 22 heavy (non-hydrogen) atoms. The van der Waals surface area contributed by atoms with Crippen molar-refractivity contribution in [1.82, 2.24) is 4.90 Å². The SMILES string of the molecule is CC(=O)OC1CCCCC1(O)C(CN(C)C)c1ccccc1. The minimum absolute atomic E-state index is 0.0756. The van der Waals surface area contributed by atoms with Crippen molar-refractivity contribution in [2.75, 3.05) is 20.6 Å². The minimum atomic E-state index is -1.00. The zero-order valence-electron chi connectivity index (χ0n) is 13.8. The number of hydrogen-bond donors (Lipinski definition) is 1. The van der Waals surface area contributed by atoms with Gasteiger partial charge in [0.1, 0.15) is 11.7 Å². The molecule has 0 radical (unpaired) electrons. The van der Waals surface area contributed by atoms with Gasteiger partial charge < -0.3 is 14.7 Å². The molecule has 1 fully saturated rings. The lowest BCUT2D eigenvalue weighted by atomic mass is 9.70. The van der Waals surface area contributed by atoms with E-state index in [1.54, 1.807) is 0 Å².